The van der Waals surface area contributed by atoms with E-state index < -0.39 is 0 Å². The van der Waals surface area contributed by atoms with Crippen molar-refractivity contribution in [2.45, 2.75) is 0 Å². The van der Waals surface area contributed by atoms with E-state index in [1.807, 2.05) is 30.3 Å². The molecule has 0 radical (unpaired) electrons. The predicted molar refractivity (Wildman–Crippen MR) is 81.8 cm³/mol. The molecule has 5 heteroatoms. The van der Waals surface area contributed by atoms with Crippen LogP contribution in [0.5, 0.6) is 0 Å². The van der Waals surface area contributed by atoms with Gasteiger partial charge < -0.3 is 5.73 Å². The fourth-order valence-corrected chi connectivity index (χ4v) is 2.01. The van der Waals surface area contributed by atoms with Crippen LogP contribution < -0.4 is 5.73 Å². The highest BCUT2D eigenvalue weighted by atomic mass is 35.5. The number of fused-ring (bicyclic) bond motifs is 1. The van der Waals surface area contributed by atoms with Crippen molar-refractivity contribution >= 4 is 39.6 Å². The summed E-state index contributed by atoms with van der Waals surface area (Å²) in [5, 5.41) is 10.0. The van der Waals surface area contributed by atoms with Crippen LogP contribution in [0.15, 0.2) is 65.0 Å². The number of nitrogen functional groups attached to an aromatic ring is 1. The lowest BCUT2D eigenvalue weighted by Crippen LogP contribution is -1.88. The summed E-state index contributed by atoms with van der Waals surface area (Å²) in [6.07, 6.45) is 1.71. The summed E-state index contributed by atoms with van der Waals surface area (Å²) in [6.45, 7) is 0. The molecule has 0 saturated carbocycles. The molecule has 2 N–H and O–H groups in total. The van der Waals surface area contributed by atoms with Crippen LogP contribution in [0.3, 0.4) is 0 Å². The molecule has 0 fully saturated rings. The van der Waals surface area contributed by atoms with Gasteiger partial charge in [-0.25, -0.2) is 0 Å². The fourth-order valence-electron chi connectivity index (χ4n) is 1.89. The van der Waals surface area contributed by atoms with Crippen LogP contribution in [-0.2, 0) is 0 Å². The number of halogens is 1. The van der Waals surface area contributed by atoms with Gasteiger partial charge >= 0.3 is 0 Å². The number of hydrogen-bond donors (Lipinski definition) is 1. The van der Waals surface area contributed by atoms with Gasteiger partial charge in [0, 0.05) is 16.6 Å². The largest absolute Gasteiger partial charge is 0.397 e. The van der Waals surface area contributed by atoms with E-state index in [1.165, 1.54) is 0 Å². The predicted octanol–water partition coefficient (Wildman–Crippen LogP) is 4.89. The van der Waals surface area contributed by atoms with Crippen LogP contribution in [-0.4, -0.2) is 4.98 Å². The standard InChI is InChI=1S/C15H11ClN4/c16-10-3-5-11(6-4-10)19-20-14-8-7-13(17)15-12(14)2-1-9-18-15/h1-9H,17H2. The minimum absolute atomic E-state index is 0.631. The Bertz CT molecular complexity index is 781. The van der Waals surface area contributed by atoms with Crippen molar-refractivity contribution in [1.82, 2.24) is 4.98 Å². The molecule has 0 aliphatic rings. The van der Waals surface area contributed by atoms with E-state index >= 15 is 0 Å². The molecule has 1 heterocycles. The number of pyridine rings is 1. The number of anilines is 1. The molecule has 0 amide bonds. The quantitative estimate of drug-likeness (QED) is 0.537. The van der Waals surface area contributed by atoms with Gasteiger partial charge in [-0.15, -0.1) is 5.11 Å². The lowest BCUT2D eigenvalue weighted by Gasteiger charge is -2.03. The maximum absolute atomic E-state index is 5.90. The summed E-state index contributed by atoms with van der Waals surface area (Å²) < 4.78 is 0. The van der Waals surface area contributed by atoms with Crippen LogP contribution in [0.4, 0.5) is 17.1 Å². The molecule has 0 unspecified atom stereocenters. The van der Waals surface area contributed by atoms with Crippen LogP contribution in [0.1, 0.15) is 0 Å². The number of benzene rings is 2. The molecule has 0 atom stereocenters. The van der Waals surface area contributed by atoms with Gasteiger partial charge in [-0.3, -0.25) is 4.98 Å². The molecule has 0 spiro atoms. The summed E-state index contributed by atoms with van der Waals surface area (Å²) in [5.74, 6) is 0. The molecule has 20 heavy (non-hydrogen) atoms. The van der Waals surface area contributed by atoms with E-state index in [-0.39, 0.29) is 0 Å². The molecule has 0 bridgehead atoms. The molecule has 4 nitrogen and oxygen atoms in total. The Morgan fingerprint density at radius 2 is 1.75 bits per heavy atom. The number of azo groups is 1. The van der Waals surface area contributed by atoms with Crippen LogP contribution >= 0.6 is 11.6 Å². The SMILES string of the molecule is Nc1ccc(N=Nc2ccc(Cl)cc2)c2cccnc12. The van der Waals surface area contributed by atoms with Crippen molar-refractivity contribution in [3.63, 3.8) is 0 Å². The Balaban J connectivity index is 2.03. The van der Waals surface area contributed by atoms with Gasteiger partial charge in [-0.1, -0.05) is 11.6 Å². The molecular formula is C15H11ClN4. The molecule has 0 aliphatic carbocycles. The van der Waals surface area contributed by atoms with Crippen LogP contribution in [0.25, 0.3) is 10.9 Å². The minimum atomic E-state index is 0.631. The second-order valence-corrected chi connectivity index (χ2v) is 4.69. The Labute approximate surface area is 120 Å². The Morgan fingerprint density at radius 3 is 2.55 bits per heavy atom. The van der Waals surface area contributed by atoms with Crippen molar-refractivity contribution < 1.29 is 0 Å². The monoisotopic (exact) mass is 282 g/mol. The highest BCUT2D eigenvalue weighted by molar-refractivity contribution is 6.30. The zero-order valence-corrected chi connectivity index (χ0v) is 11.2. The summed E-state index contributed by atoms with van der Waals surface area (Å²) in [7, 11) is 0. The second-order valence-electron chi connectivity index (χ2n) is 4.25. The number of aromatic nitrogens is 1. The molecule has 0 saturated heterocycles. The fraction of sp³-hybridized carbons (Fsp3) is 0. The third kappa shape index (κ3) is 2.46. The first-order valence-corrected chi connectivity index (χ1v) is 6.42. The van der Waals surface area contributed by atoms with Gasteiger partial charge in [0.15, 0.2) is 0 Å². The van der Waals surface area contributed by atoms with Gasteiger partial charge in [0.05, 0.1) is 22.6 Å². The Hall–Kier alpha value is -2.46. The number of nitrogens with zero attached hydrogens (tertiary/aromatic N) is 3. The maximum Gasteiger partial charge on any atom is 0.0953 e. The van der Waals surface area contributed by atoms with Gasteiger partial charge in [0.1, 0.15) is 0 Å². The lowest BCUT2D eigenvalue weighted by molar-refractivity contribution is 1.24. The zero-order valence-electron chi connectivity index (χ0n) is 10.5. The van der Waals surface area contributed by atoms with Crippen molar-refractivity contribution in [1.29, 1.82) is 0 Å². The maximum atomic E-state index is 5.90. The van der Waals surface area contributed by atoms with Gasteiger partial charge in [0.2, 0.25) is 0 Å². The van der Waals surface area contributed by atoms with E-state index in [1.54, 1.807) is 24.4 Å². The molecule has 1 aromatic heterocycles. The average Bonchev–Trinajstić information content (AvgIpc) is 2.49. The summed E-state index contributed by atoms with van der Waals surface area (Å²) in [6, 6.07) is 14.6. The average molecular weight is 283 g/mol. The Kier molecular flexibility index (Phi) is 3.31. The molecule has 2 aromatic carbocycles. The highest BCUT2D eigenvalue weighted by Crippen LogP contribution is 2.30. The van der Waals surface area contributed by atoms with Crippen molar-refractivity contribution in [2.75, 3.05) is 5.73 Å². The van der Waals surface area contributed by atoms with Gasteiger partial charge in [0.25, 0.3) is 0 Å². The zero-order chi connectivity index (χ0) is 13.9. The molecule has 3 aromatic rings. The van der Waals surface area contributed by atoms with E-state index in [0.717, 1.165) is 22.3 Å². The summed E-state index contributed by atoms with van der Waals surface area (Å²) in [4.78, 5) is 4.26. The second kappa shape index (κ2) is 5.27. The van der Waals surface area contributed by atoms with Crippen molar-refractivity contribution in [2.24, 2.45) is 10.2 Å². The van der Waals surface area contributed by atoms with E-state index in [4.69, 9.17) is 17.3 Å². The van der Waals surface area contributed by atoms with E-state index in [9.17, 15) is 0 Å². The lowest BCUT2D eigenvalue weighted by atomic mass is 10.1. The van der Waals surface area contributed by atoms with Crippen molar-refractivity contribution in [3.8, 4) is 0 Å². The van der Waals surface area contributed by atoms with E-state index in [0.29, 0.717) is 10.7 Å². The molecule has 3 rings (SSSR count). The minimum Gasteiger partial charge on any atom is -0.397 e. The smallest absolute Gasteiger partial charge is 0.0953 e. The third-order valence-electron chi connectivity index (χ3n) is 2.88. The summed E-state index contributed by atoms with van der Waals surface area (Å²) in [5.41, 5.74) is 8.74. The van der Waals surface area contributed by atoms with Gasteiger partial charge in [-0.05, 0) is 48.5 Å². The first-order valence-electron chi connectivity index (χ1n) is 6.04. The first kappa shape index (κ1) is 12.6. The number of hydrogen-bond acceptors (Lipinski definition) is 4. The topological polar surface area (TPSA) is 63.6 Å². The highest BCUT2D eigenvalue weighted by Gasteiger charge is 2.03. The molecular weight excluding hydrogens is 272 g/mol. The van der Waals surface area contributed by atoms with Crippen LogP contribution in [0.2, 0.25) is 5.02 Å². The molecule has 98 valence electrons. The third-order valence-corrected chi connectivity index (χ3v) is 3.13. The van der Waals surface area contributed by atoms with E-state index in [2.05, 4.69) is 15.2 Å². The van der Waals surface area contributed by atoms with Crippen LogP contribution in [0, 0.1) is 0 Å². The first-order chi connectivity index (χ1) is 9.74. The normalized spacial score (nSPS) is 11.2. The summed E-state index contributed by atoms with van der Waals surface area (Å²) >= 11 is 5.83. The Morgan fingerprint density at radius 1 is 0.950 bits per heavy atom. The number of nitrogens with two attached hydrogens (primary N) is 1. The van der Waals surface area contributed by atoms with Crippen molar-refractivity contribution in [3.05, 3.63) is 59.8 Å². The number of rotatable bonds is 2. The molecule has 0 aliphatic heterocycles. The van der Waals surface area contributed by atoms with Gasteiger partial charge in [-0.2, -0.15) is 5.11 Å².